The fourth-order valence-corrected chi connectivity index (χ4v) is 1.21. The van der Waals surface area contributed by atoms with Crippen LogP contribution in [0.2, 0.25) is 0 Å². The minimum Gasteiger partial charge on any atom is -0.337 e. The third kappa shape index (κ3) is 3.30. The summed E-state index contributed by atoms with van der Waals surface area (Å²) in [7, 11) is 0. The molecule has 0 bridgehead atoms. The van der Waals surface area contributed by atoms with E-state index in [9.17, 15) is 4.79 Å². The molecule has 0 unspecified atom stereocenters. The van der Waals surface area contributed by atoms with Gasteiger partial charge in [-0.25, -0.2) is 4.79 Å². The Balaban J connectivity index is 2.18. The van der Waals surface area contributed by atoms with Gasteiger partial charge in [-0.1, -0.05) is 0 Å². The highest BCUT2D eigenvalue weighted by Gasteiger charge is 2.14. The number of nitriles is 1. The summed E-state index contributed by atoms with van der Waals surface area (Å²) in [4.78, 5) is 13.1. The molecule has 5 nitrogen and oxygen atoms in total. The van der Waals surface area contributed by atoms with E-state index in [0.717, 1.165) is 26.2 Å². The van der Waals surface area contributed by atoms with Crippen LogP contribution in [0, 0.1) is 11.3 Å². The zero-order chi connectivity index (χ0) is 9.52. The van der Waals surface area contributed by atoms with Crippen molar-refractivity contribution < 1.29 is 4.79 Å². The SMILES string of the molecule is N#CCCNC(=O)N1CCNCC1. The van der Waals surface area contributed by atoms with Gasteiger partial charge in [0.25, 0.3) is 0 Å². The predicted molar refractivity (Wildman–Crippen MR) is 48.1 cm³/mol. The van der Waals surface area contributed by atoms with E-state index < -0.39 is 0 Å². The van der Waals surface area contributed by atoms with Gasteiger partial charge in [0.15, 0.2) is 0 Å². The standard InChI is InChI=1S/C8H14N4O/c9-2-1-3-11-8(13)12-6-4-10-5-7-12/h10H,1,3-7H2,(H,11,13). The number of hydrogen-bond donors (Lipinski definition) is 2. The molecule has 1 rings (SSSR count). The molecule has 0 aromatic heterocycles. The van der Waals surface area contributed by atoms with Gasteiger partial charge in [0.1, 0.15) is 0 Å². The maximum Gasteiger partial charge on any atom is 0.317 e. The number of carbonyl (C=O) groups is 1. The van der Waals surface area contributed by atoms with Crippen LogP contribution < -0.4 is 10.6 Å². The first-order valence-corrected chi connectivity index (χ1v) is 4.45. The molecule has 5 heteroatoms. The lowest BCUT2D eigenvalue weighted by molar-refractivity contribution is 0.190. The van der Waals surface area contributed by atoms with Gasteiger partial charge in [-0.2, -0.15) is 5.26 Å². The first-order valence-electron chi connectivity index (χ1n) is 4.45. The van der Waals surface area contributed by atoms with Gasteiger partial charge < -0.3 is 15.5 Å². The molecule has 1 heterocycles. The van der Waals surface area contributed by atoms with Crippen LogP contribution in [0.25, 0.3) is 0 Å². The highest BCUT2D eigenvalue weighted by atomic mass is 16.2. The van der Waals surface area contributed by atoms with Crippen molar-refractivity contribution in [3.05, 3.63) is 0 Å². The summed E-state index contributed by atoms with van der Waals surface area (Å²) in [6.07, 6.45) is 0.373. The minimum atomic E-state index is -0.0586. The van der Waals surface area contributed by atoms with Crippen molar-refractivity contribution in [3.8, 4) is 6.07 Å². The van der Waals surface area contributed by atoms with Crippen molar-refractivity contribution in [2.45, 2.75) is 6.42 Å². The summed E-state index contributed by atoms with van der Waals surface area (Å²) < 4.78 is 0. The Morgan fingerprint density at radius 3 is 2.85 bits per heavy atom. The molecule has 1 fully saturated rings. The molecule has 0 aromatic carbocycles. The number of nitrogens with zero attached hydrogens (tertiary/aromatic N) is 2. The molecule has 0 atom stereocenters. The Bertz CT molecular complexity index is 205. The van der Waals surface area contributed by atoms with Crippen LogP contribution in [0.4, 0.5) is 4.79 Å². The molecular weight excluding hydrogens is 168 g/mol. The van der Waals surface area contributed by atoms with E-state index in [1.165, 1.54) is 0 Å². The van der Waals surface area contributed by atoms with E-state index >= 15 is 0 Å². The summed E-state index contributed by atoms with van der Waals surface area (Å²) >= 11 is 0. The van der Waals surface area contributed by atoms with Crippen LogP contribution >= 0.6 is 0 Å². The van der Waals surface area contributed by atoms with E-state index in [4.69, 9.17) is 5.26 Å². The first-order chi connectivity index (χ1) is 6.34. The van der Waals surface area contributed by atoms with Gasteiger partial charge in [-0.3, -0.25) is 0 Å². The van der Waals surface area contributed by atoms with Gasteiger partial charge in [0.05, 0.1) is 12.5 Å². The molecule has 1 saturated heterocycles. The third-order valence-corrected chi connectivity index (χ3v) is 1.92. The Morgan fingerprint density at radius 2 is 2.23 bits per heavy atom. The summed E-state index contributed by atoms with van der Waals surface area (Å²) in [6.45, 7) is 3.65. The fraction of sp³-hybridized carbons (Fsp3) is 0.750. The zero-order valence-electron chi connectivity index (χ0n) is 7.55. The van der Waals surface area contributed by atoms with Gasteiger partial charge in [0, 0.05) is 32.7 Å². The number of urea groups is 1. The van der Waals surface area contributed by atoms with Crippen LogP contribution in [0.1, 0.15) is 6.42 Å². The Morgan fingerprint density at radius 1 is 1.54 bits per heavy atom. The molecule has 1 aliphatic rings. The molecule has 2 N–H and O–H groups in total. The lowest BCUT2D eigenvalue weighted by Crippen LogP contribution is -2.50. The van der Waals surface area contributed by atoms with Crippen LogP contribution in [0.5, 0.6) is 0 Å². The van der Waals surface area contributed by atoms with E-state index in [0.29, 0.717) is 13.0 Å². The largest absolute Gasteiger partial charge is 0.337 e. The topological polar surface area (TPSA) is 68.2 Å². The Hall–Kier alpha value is -1.28. The van der Waals surface area contributed by atoms with E-state index in [1.807, 2.05) is 6.07 Å². The molecule has 13 heavy (non-hydrogen) atoms. The second-order valence-corrected chi connectivity index (χ2v) is 2.88. The molecule has 0 radical (unpaired) electrons. The van der Waals surface area contributed by atoms with E-state index in [-0.39, 0.29) is 6.03 Å². The lowest BCUT2D eigenvalue weighted by Gasteiger charge is -2.27. The highest BCUT2D eigenvalue weighted by molar-refractivity contribution is 5.74. The number of hydrogen-bond acceptors (Lipinski definition) is 3. The quantitative estimate of drug-likeness (QED) is 0.566. The average molecular weight is 182 g/mol. The third-order valence-electron chi connectivity index (χ3n) is 1.92. The number of rotatable bonds is 2. The Labute approximate surface area is 77.7 Å². The van der Waals surface area contributed by atoms with Crippen molar-refractivity contribution in [1.82, 2.24) is 15.5 Å². The number of carbonyl (C=O) groups excluding carboxylic acids is 1. The van der Waals surface area contributed by atoms with Crippen LogP contribution in [-0.2, 0) is 0 Å². The maximum absolute atomic E-state index is 11.4. The molecule has 0 aromatic rings. The molecular formula is C8H14N4O. The van der Waals surface area contributed by atoms with Crippen molar-refractivity contribution in [2.24, 2.45) is 0 Å². The molecule has 0 saturated carbocycles. The normalized spacial score (nSPS) is 16.4. The summed E-state index contributed by atoms with van der Waals surface area (Å²) in [5.74, 6) is 0. The van der Waals surface area contributed by atoms with Crippen molar-refractivity contribution in [1.29, 1.82) is 5.26 Å². The van der Waals surface area contributed by atoms with E-state index in [2.05, 4.69) is 10.6 Å². The number of amides is 2. The lowest BCUT2D eigenvalue weighted by atomic mass is 10.4. The van der Waals surface area contributed by atoms with Crippen molar-refractivity contribution in [3.63, 3.8) is 0 Å². The monoisotopic (exact) mass is 182 g/mol. The van der Waals surface area contributed by atoms with Crippen LogP contribution in [-0.4, -0.2) is 43.7 Å². The van der Waals surface area contributed by atoms with Gasteiger partial charge >= 0.3 is 6.03 Å². The van der Waals surface area contributed by atoms with Gasteiger partial charge in [0.2, 0.25) is 0 Å². The van der Waals surface area contributed by atoms with Gasteiger partial charge in [-0.05, 0) is 0 Å². The van der Waals surface area contributed by atoms with Crippen molar-refractivity contribution in [2.75, 3.05) is 32.7 Å². The Kier molecular flexibility index (Phi) is 4.06. The average Bonchev–Trinajstić information content (AvgIpc) is 2.19. The summed E-state index contributed by atoms with van der Waals surface area (Å²) in [5, 5.41) is 14.1. The fourth-order valence-electron chi connectivity index (χ4n) is 1.21. The molecule has 2 amide bonds. The first kappa shape index (κ1) is 9.81. The number of piperazine rings is 1. The number of nitrogens with one attached hydrogen (secondary N) is 2. The molecule has 0 spiro atoms. The molecule has 1 aliphatic heterocycles. The molecule has 0 aliphatic carbocycles. The second kappa shape index (κ2) is 5.38. The minimum absolute atomic E-state index is 0.0586. The smallest absolute Gasteiger partial charge is 0.317 e. The maximum atomic E-state index is 11.4. The van der Waals surface area contributed by atoms with Crippen LogP contribution in [0.15, 0.2) is 0 Å². The zero-order valence-corrected chi connectivity index (χ0v) is 7.55. The summed E-state index contributed by atoms with van der Waals surface area (Å²) in [6, 6.07) is 1.92. The highest BCUT2D eigenvalue weighted by Crippen LogP contribution is 1.92. The van der Waals surface area contributed by atoms with Crippen molar-refractivity contribution >= 4 is 6.03 Å². The van der Waals surface area contributed by atoms with E-state index in [1.54, 1.807) is 4.90 Å². The van der Waals surface area contributed by atoms with Crippen LogP contribution in [0.3, 0.4) is 0 Å². The van der Waals surface area contributed by atoms with Gasteiger partial charge in [-0.15, -0.1) is 0 Å². The summed E-state index contributed by atoms with van der Waals surface area (Å²) in [5.41, 5.74) is 0. The molecule has 72 valence electrons. The second-order valence-electron chi connectivity index (χ2n) is 2.88. The predicted octanol–water partition coefficient (Wildman–Crippen LogP) is -0.485.